The number of aliphatic hydroxyl groups is 1. The van der Waals surface area contributed by atoms with E-state index in [2.05, 4.69) is 4.90 Å². The van der Waals surface area contributed by atoms with Gasteiger partial charge in [-0.2, -0.15) is 13.2 Å². The van der Waals surface area contributed by atoms with Crippen molar-refractivity contribution in [1.82, 2.24) is 4.90 Å². The van der Waals surface area contributed by atoms with Crippen LogP contribution in [-0.2, 0) is 12.8 Å². The zero-order valence-electron chi connectivity index (χ0n) is 18.1. The first-order valence-corrected chi connectivity index (χ1v) is 10.8. The highest BCUT2D eigenvalue weighted by Crippen LogP contribution is 2.38. The Kier molecular flexibility index (Phi) is 7.84. The fourth-order valence-corrected chi connectivity index (χ4v) is 4.05. The van der Waals surface area contributed by atoms with Gasteiger partial charge in [-0.1, -0.05) is 38.1 Å². The van der Waals surface area contributed by atoms with Crippen molar-refractivity contribution in [1.29, 1.82) is 0 Å². The summed E-state index contributed by atoms with van der Waals surface area (Å²) in [5.41, 5.74) is 0.540. The van der Waals surface area contributed by atoms with E-state index in [0.717, 1.165) is 24.3 Å². The predicted molar refractivity (Wildman–Crippen MR) is 116 cm³/mol. The number of hydrogen-bond donors (Lipinski definition) is 1. The summed E-state index contributed by atoms with van der Waals surface area (Å²) in [6.07, 6.45) is -3.55. The van der Waals surface area contributed by atoms with Gasteiger partial charge in [-0.25, -0.2) is 0 Å². The first-order valence-electron chi connectivity index (χ1n) is 10.8. The number of alkyl halides is 3. The van der Waals surface area contributed by atoms with Crippen LogP contribution in [0.2, 0.25) is 0 Å². The first kappa shape index (κ1) is 23.4. The topological polar surface area (TPSA) is 35.9 Å². The van der Waals surface area contributed by atoms with Crippen LogP contribution in [0.4, 0.5) is 18.9 Å². The maximum Gasteiger partial charge on any atom is 0.418 e. The van der Waals surface area contributed by atoms with Crippen molar-refractivity contribution in [2.24, 2.45) is 5.92 Å². The lowest BCUT2D eigenvalue weighted by atomic mass is 10.1. The Hall–Kier alpha value is -2.25. The molecule has 2 aromatic carbocycles. The molecule has 0 radical (unpaired) electrons. The van der Waals surface area contributed by atoms with Crippen molar-refractivity contribution in [3.63, 3.8) is 0 Å². The number of rotatable bonds is 9. The molecule has 0 spiro atoms. The van der Waals surface area contributed by atoms with E-state index >= 15 is 0 Å². The summed E-state index contributed by atoms with van der Waals surface area (Å²) in [6, 6.07) is 13.2. The van der Waals surface area contributed by atoms with Crippen LogP contribution in [0, 0.1) is 5.92 Å². The Morgan fingerprint density at radius 3 is 2.48 bits per heavy atom. The van der Waals surface area contributed by atoms with Crippen molar-refractivity contribution in [2.45, 2.75) is 39.1 Å². The van der Waals surface area contributed by atoms with Crippen molar-refractivity contribution in [3.8, 4) is 5.75 Å². The molecule has 0 amide bonds. The van der Waals surface area contributed by atoms with Crippen LogP contribution in [0.5, 0.6) is 5.75 Å². The average molecular weight is 437 g/mol. The molecule has 1 aliphatic heterocycles. The van der Waals surface area contributed by atoms with Crippen LogP contribution in [0.25, 0.3) is 0 Å². The van der Waals surface area contributed by atoms with Crippen molar-refractivity contribution >= 4 is 5.69 Å². The number of hydrogen-bond acceptors (Lipinski definition) is 4. The minimum Gasteiger partial charge on any atom is -0.492 e. The van der Waals surface area contributed by atoms with Crippen LogP contribution >= 0.6 is 0 Å². The maximum atomic E-state index is 13.6. The van der Waals surface area contributed by atoms with Gasteiger partial charge in [0.25, 0.3) is 0 Å². The van der Waals surface area contributed by atoms with E-state index in [9.17, 15) is 13.2 Å². The zero-order chi connectivity index (χ0) is 22.4. The zero-order valence-corrected chi connectivity index (χ0v) is 18.1. The SMILES string of the molecule is CC(C)CN(c1ccccc1C(F)(F)F)C1CCN(CCOc2ccc(CO)cc2)C1. The molecule has 0 aliphatic carbocycles. The van der Waals surface area contributed by atoms with Gasteiger partial charge < -0.3 is 14.7 Å². The Labute approximate surface area is 182 Å². The van der Waals surface area contributed by atoms with Gasteiger partial charge in [0.15, 0.2) is 0 Å². The van der Waals surface area contributed by atoms with E-state index in [1.54, 1.807) is 12.1 Å². The number of benzene rings is 2. The summed E-state index contributed by atoms with van der Waals surface area (Å²) in [7, 11) is 0. The van der Waals surface area contributed by atoms with E-state index in [4.69, 9.17) is 9.84 Å². The quantitative estimate of drug-likeness (QED) is 0.612. The molecule has 31 heavy (non-hydrogen) atoms. The molecule has 1 heterocycles. The Morgan fingerprint density at radius 2 is 1.84 bits per heavy atom. The summed E-state index contributed by atoms with van der Waals surface area (Å²) < 4.78 is 46.6. The minimum absolute atomic E-state index is 0.000208. The van der Waals surface area contributed by atoms with E-state index in [1.165, 1.54) is 12.1 Å². The van der Waals surface area contributed by atoms with Crippen molar-refractivity contribution < 1.29 is 23.0 Å². The standard InChI is InChI=1S/C24H31F3N2O2/c1-18(2)15-29(23-6-4-3-5-22(23)24(25,26)27)20-11-12-28(16-20)13-14-31-21-9-7-19(17-30)8-10-21/h3-10,18,20,30H,11-17H2,1-2H3. The van der Waals surface area contributed by atoms with Crippen LogP contribution in [0.15, 0.2) is 48.5 Å². The molecular formula is C24H31F3N2O2. The molecule has 0 saturated carbocycles. The number of nitrogens with zero attached hydrogens (tertiary/aromatic N) is 2. The Bertz CT molecular complexity index is 824. The van der Waals surface area contributed by atoms with Crippen molar-refractivity contribution in [2.75, 3.05) is 37.7 Å². The third-order valence-electron chi connectivity index (χ3n) is 5.55. The number of aliphatic hydroxyl groups excluding tert-OH is 1. The third-order valence-corrected chi connectivity index (χ3v) is 5.55. The second kappa shape index (κ2) is 10.4. The fourth-order valence-electron chi connectivity index (χ4n) is 4.05. The fraction of sp³-hybridized carbons (Fsp3) is 0.500. The average Bonchev–Trinajstić information content (AvgIpc) is 3.20. The lowest BCUT2D eigenvalue weighted by molar-refractivity contribution is -0.137. The number of halogens is 3. The molecule has 1 aliphatic rings. The van der Waals surface area contributed by atoms with E-state index in [1.807, 2.05) is 43.0 Å². The largest absolute Gasteiger partial charge is 0.492 e. The molecule has 7 heteroatoms. The molecule has 2 aromatic rings. The van der Waals surface area contributed by atoms with Gasteiger partial charge in [0, 0.05) is 37.9 Å². The van der Waals surface area contributed by atoms with Crippen molar-refractivity contribution in [3.05, 3.63) is 59.7 Å². The first-order chi connectivity index (χ1) is 14.8. The molecular weight excluding hydrogens is 405 g/mol. The molecule has 4 nitrogen and oxygen atoms in total. The van der Waals surface area contributed by atoms with Gasteiger partial charge >= 0.3 is 6.18 Å². The smallest absolute Gasteiger partial charge is 0.418 e. The Morgan fingerprint density at radius 1 is 1.13 bits per heavy atom. The summed E-state index contributed by atoms with van der Waals surface area (Å²) in [5, 5.41) is 9.10. The van der Waals surface area contributed by atoms with E-state index in [0.29, 0.717) is 26.2 Å². The second-order valence-electron chi connectivity index (χ2n) is 8.45. The monoisotopic (exact) mass is 436 g/mol. The molecule has 1 fully saturated rings. The third kappa shape index (κ3) is 6.37. The predicted octanol–water partition coefficient (Wildman–Crippen LogP) is 4.81. The number of anilines is 1. The molecule has 1 saturated heterocycles. The van der Waals surface area contributed by atoms with Gasteiger partial charge in [0.2, 0.25) is 0 Å². The lowest BCUT2D eigenvalue weighted by Gasteiger charge is -2.34. The van der Waals surface area contributed by atoms with Crippen LogP contribution < -0.4 is 9.64 Å². The maximum absolute atomic E-state index is 13.6. The van der Waals surface area contributed by atoms with Gasteiger partial charge in [-0.05, 0) is 42.2 Å². The van der Waals surface area contributed by atoms with Gasteiger partial charge in [-0.15, -0.1) is 0 Å². The highest BCUT2D eigenvalue weighted by Gasteiger charge is 2.37. The molecule has 1 unspecified atom stereocenters. The molecule has 3 rings (SSSR count). The van der Waals surface area contributed by atoms with Gasteiger partial charge in [0.1, 0.15) is 12.4 Å². The normalized spacial score (nSPS) is 17.3. The Balaban J connectivity index is 1.62. The number of para-hydroxylation sites is 1. The second-order valence-corrected chi connectivity index (χ2v) is 8.45. The van der Waals surface area contributed by atoms with Crippen LogP contribution in [0.3, 0.4) is 0 Å². The van der Waals surface area contributed by atoms with E-state index in [-0.39, 0.29) is 24.3 Å². The summed E-state index contributed by atoms with van der Waals surface area (Å²) in [6.45, 7) is 7.42. The summed E-state index contributed by atoms with van der Waals surface area (Å²) in [5.74, 6) is 0.994. The summed E-state index contributed by atoms with van der Waals surface area (Å²) >= 11 is 0. The minimum atomic E-state index is -4.37. The number of likely N-dealkylation sites (tertiary alicyclic amines) is 1. The van der Waals surface area contributed by atoms with Gasteiger partial charge in [-0.3, -0.25) is 4.90 Å². The van der Waals surface area contributed by atoms with Crippen LogP contribution in [-0.4, -0.2) is 48.8 Å². The van der Waals surface area contributed by atoms with E-state index < -0.39 is 11.7 Å². The van der Waals surface area contributed by atoms with Gasteiger partial charge in [0.05, 0.1) is 12.2 Å². The summed E-state index contributed by atoms with van der Waals surface area (Å²) in [4.78, 5) is 4.19. The molecule has 1 atom stereocenters. The highest BCUT2D eigenvalue weighted by atomic mass is 19.4. The molecule has 0 aromatic heterocycles. The van der Waals surface area contributed by atoms with Crippen LogP contribution in [0.1, 0.15) is 31.4 Å². The molecule has 170 valence electrons. The molecule has 0 bridgehead atoms. The lowest BCUT2D eigenvalue weighted by Crippen LogP contribution is -2.41. The number of ether oxygens (including phenoxy) is 1. The highest BCUT2D eigenvalue weighted by molar-refractivity contribution is 5.56. The molecule has 1 N–H and O–H groups in total.